The molecule has 2 aromatic heterocycles. The molecule has 7 heteroatoms. The lowest BCUT2D eigenvalue weighted by molar-refractivity contribution is 0.102. The highest BCUT2D eigenvalue weighted by Crippen LogP contribution is 2.24. The molecule has 0 spiro atoms. The standard InChI is InChI=1S/C24H24N6O/c1-15-16(2)26-21-14-18(9-12-20(21)25-15)24(31)27-19-10-7-17(8-11-19)23-29-28-22-6-4-3-5-13-30(22)23/h7-12,14H,3-6,13H2,1-2H3,(H,27,31). The highest BCUT2D eigenvalue weighted by atomic mass is 16.1. The van der Waals surface area contributed by atoms with E-state index in [4.69, 9.17) is 0 Å². The molecule has 0 saturated carbocycles. The molecule has 0 aliphatic carbocycles. The van der Waals surface area contributed by atoms with Gasteiger partial charge >= 0.3 is 0 Å². The summed E-state index contributed by atoms with van der Waals surface area (Å²) in [6.45, 7) is 4.81. The van der Waals surface area contributed by atoms with Crippen LogP contribution >= 0.6 is 0 Å². The van der Waals surface area contributed by atoms with Gasteiger partial charge in [-0.25, -0.2) is 9.97 Å². The molecular weight excluding hydrogens is 388 g/mol. The third kappa shape index (κ3) is 3.79. The Hall–Kier alpha value is -3.61. The van der Waals surface area contributed by atoms with Crippen molar-refractivity contribution in [1.29, 1.82) is 0 Å². The maximum Gasteiger partial charge on any atom is 0.255 e. The van der Waals surface area contributed by atoms with Crippen LogP contribution in [-0.4, -0.2) is 30.6 Å². The van der Waals surface area contributed by atoms with Gasteiger partial charge in [0.05, 0.1) is 22.4 Å². The fraction of sp³-hybridized carbons (Fsp3) is 0.292. The minimum Gasteiger partial charge on any atom is -0.322 e. The quantitative estimate of drug-likeness (QED) is 0.536. The Morgan fingerprint density at radius 1 is 0.903 bits per heavy atom. The highest BCUT2D eigenvalue weighted by molar-refractivity contribution is 6.06. The van der Waals surface area contributed by atoms with E-state index in [1.165, 1.54) is 12.8 Å². The normalized spacial score (nSPS) is 13.6. The van der Waals surface area contributed by atoms with Crippen LogP contribution in [0.1, 0.15) is 46.8 Å². The van der Waals surface area contributed by atoms with Crippen LogP contribution in [-0.2, 0) is 13.0 Å². The van der Waals surface area contributed by atoms with Crippen LogP contribution in [0.4, 0.5) is 5.69 Å². The summed E-state index contributed by atoms with van der Waals surface area (Å²) in [6.07, 6.45) is 4.54. The number of nitrogens with zero attached hydrogens (tertiary/aromatic N) is 5. The molecule has 5 rings (SSSR count). The zero-order valence-electron chi connectivity index (χ0n) is 17.7. The van der Waals surface area contributed by atoms with Gasteiger partial charge in [-0.1, -0.05) is 6.42 Å². The lowest BCUT2D eigenvalue weighted by Gasteiger charge is -2.09. The first-order chi connectivity index (χ1) is 15.1. The zero-order valence-corrected chi connectivity index (χ0v) is 17.7. The van der Waals surface area contributed by atoms with E-state index in [0.29, 0.717) is 5.56 Å². The Labute approximate surface area is 180 Å². The maximum absolute atomic E-state index is 12.8. The Bertz CT molecular complexity index is 1280. The summed E-state index contributed by atoms with van der Waals surface area (Å²) in [7, 11) is 0. The molecule has 1 aliphatic heterocycles. The van der Waals surface area contributed by atoms with Crippen molar-refractivity contribution in [2.24, 2.45) is 0 Å². The number of hydrogen-bond donors (Lipinski definition) is 1. The second-order valence-electron chi connectivity index (χ2n) is 8.03. The van der Waals surface area contributed by atoms with Crippen molar-refractivity contribution in [3.8, 4) is 11.4 Å². The monoisotopic (exact) mass is 412 g/mol. The molecule has 1 N–H and O–H groups in total. The van der Waals surface area contributed by atoms with Gasteiger partial charge in [-0.15, -0.1) is 10.2 Å². The van der Waals surface area contributed by atoms with Crippen molar-refractivity contribution in [2.75, 3.05) is 5.32 Å². The number of rotatable bonds is 3. The summed E-state index contributed by atoms with van der Waals surface area (Å²) in [5.74, 6) is 1.79. The van der Waals surface area contributed by atoms with Gasteiger partial charge in [0.1, 0.15) is 5.82 Å². The Kier molecular flexibility index (Phi) is 4.94. The first-order valence-corrected chi connectivity index (χ1v) is 10.7. The van der Waals surface area contributed by atoms with E-state index in [-0.39, 0.29) is 5.91 Å². The molecule has 0 radical (unpaired) electrons. The summed E-state index contributed by atoms with van der Waals surface area (Å²) < 4.78 is 2.22. The molecule has 3 heterocycles. The number of hydrogen-bond acceptors (Lipinski definition) is 5. The molecule has 0 atom stereocenters. The molecule has 1 amide bonds. The third-order valence-corrected chi connectivity index (χ3v) is 5.85. The van der Waals surface area contributed by atoms with Gasteiger partial charge in [-0.2, -0.15) is 0 Å². The molecule has 0 fully saturated rings. The predicted octanol–water partition coefficient (Wildman–Crippen LogP) is 4.48. The van der Waals surface area contributed by atoms with Gasteiger partial charge < -0.3 is 9.88 Å². The van der Waals surface area contributed by atoms with Crippen LogP contribution in [0.2, 0.25) is 0 Å². The number of benzene rings is 2. The Balaban J connectivity index is 1.35. The molecule has 31 heavy (non-hydrogen) atoms. The van der Waals surface area contributed by atoms with Crippen molar-refractivity contribution in [2.45, 2.75) is 46.1 Å². The minimum atomic E-state index is -0.175. The van der Waals surface area contributed by atoms with Crippen LogP contribution in [0.3, 0.4) is 0 Å². The first-order valence-electron chi connectivity index (χ1n) is 10.7. The van der Waals surface area contributed by atoms with Gasteiger partial charge in [0.25, 0.3) is 5.91 Å². The van der Waals surface area contributed by atoms with Crippen molar-refractivity contribution < 1.29 is 4.79 Å². The van der Waals surface area contributed by atoms with E-state index in [0.717, 1.165) is 64.7 Å². The lowest BCUT2D eigenvalue weighted by atomic mass is 10.1. The number of nitrogens with one attached hydrogen (secondary N) is 1. The SMILES string of the molecule is Cc1nc2ccc(C(=O)Nc3ccc(-c4nnc5n4CCCCC5)cc3)cc2nc1C. The van der Waals surface area contributed by atoms with Crippen LogP contribution in [0, 0.1) is 13.8 Å². The van der Waals surface area contributed by atoms with Crippen LogP contribution in [0.15, 0.2) is 42.5 Å². The van der Waals surface area contributed by atoms with Gasteiger partial charge in [-0.3, -0.25) is 4.79 Å². The van der Waals surface area contributed by atoms with Gasteiger partial charge in [-0.05, 0) is 69.2 Å². The van der Waals surface area contributed by atoms with Crippen molar-refractivity contribution in [3.05, 3.63) is 65.2 Å². The number of aryl methyl sites for hydroxylation is 3. The van der Waals surface area contributed by atoms with E-state index in [2.05, 4.69) is 30.0 Å². The highest BCUT2D eigenvalue weighted by Gasteiger charge is 2.16. The Morgan fingerprint density at radius 2 is 1.68 bits per heavy atom. The molecule has 0 bridgehead atoms. The summed E-state index contributed by atoms with van der Waals surface area (Å²) in [4.78, 5) is 21.8. The van der Waals surface area contributed by atoms with E-state index >= 15 is 0 Å². The number of anilines is 1. The molecule has 156 valence electrons. The van der Waals surface area contributed by atoms with Gasteiger partial charge in [0.15, 0.2) is 5.82 Å². The average molecular weight is 412 g/mol. The molecule has 4 aromatic rings. The van der Waals surface area contributed by atoms with Crippen LogP contribution in [0.25, 0.3) is 22.4 Å². The second-order valence-corrected chi connectivity index (χ2v) is 8.03. The molecular formula is C24H24N6O. The average Bonchev–Trinajstić information content (AvgIpc) is 3.02. The molecule has 0 saturated heterocycles. The van der Waals surface area contributed by atoms with Crippen molar-refractivity contribution in [1.82, 2.24) is 24.7 Å². The Morgan fingerprint density at radius 3 is 2.48 bits per heavy atom. The van der Waals surface area contributed by atoms with Crippen molar-refractivity contribution in [3.63, 3.8) is 0 Å². The predicted molar refractivity (Wildman–Crippen MR) is 120 cm³/mol. The van der Waals surface area contributed by atoms with E-state index in [1.807, 2.05) is 44.2 Å². The summed E-state index contributed by atoms with van der Waals surface area (Å²) in [5.41, 5.74) is 5.56. The number of carbonyl (C=O) groups is 1. The van der Waals surface area contributed by atoms with E-state index in [9.17, 15) is 4.79 Å². The van der Waals surface area contributed by atoms with E-state index < -0.39 is 0 Å². The topological polar surface area (TPSA) is 85.6 Å². The number of aromatic nitrogens is 5. The largest absolute Gasteiger partial charge is 0.322 e. The van der Waals surface area contributed by atoms with Gasteiger partial charge in [0.2, 0.25) is 0 Å². The smallest absolute Gasteiger partial charge is 0.255 e. The van der Waals surface area contributed by atoms with Gasteiger partial charge in [0, 0.05) is 29.8 Å². The minimum absolute atomic E-state index is 0.175. The van der Waals surface area contributed by atoms with Crippen LogP contribution < -0.4 is 5.32 Å². The number of fused-ring (bicyclic) bond motifs is 2. The van der Waals surface area contributed by atoms with Crippen LogP contribution in [0.5, 0.6) is 0 Å². The maximum atomic E-state index is 12.8. The second kappa shape index (κ2) is 7.91. The fourth-order valence-corrected chi connectivity index (χ4v) is 3.98. The summed E-state index contributed by atoms with van der Waals surface area (Å²) in [5, 5.41) is 11.7. The summed E-state index contributed by atoms with van der Waals surface area (Å²) in [6, 6.07) is 13.2. The molecule has 0 unspecified atom stereocenters. The zero-order chi connectivity index (χ0) is 21.4. The lowest BCUT2D eigenvalue weighted by Crippen LogP contribution is -2.12. The molecule has 2 aromatic carbocycles. The fourth-order valence-electron chi connectivity index (χ4n) is 3.98. The molecule has 1 aliphatic rings. The third-order valence-electron chi connectivity index (χ3n) is 5.85. The van der Waals surface area contributed by atoms with E-state index in [1.54, 1.807) is 12.1 Å². The molecule has 7 nitrogen and oxygen atoms in total. The number of carbonyl (C=O) groups excluding carboxylic acids is 1. The van der Waals surface area contributed by atoms with Crippen molar-refractivity contribution >= 4 is 22.6 Å². The summed E-state index contributed by atoms with van der Waals surface area (Å²) >= 11 is 0. The first kappa shape index (κ1) is 19.4. The number of amides is 1.